The summed E-state index contributed by atoms with van der Waals surface area (Å²) in [7, 11) is 0. The van der Waals surface area contributed by atoms with E-state index in [0.29, 0.717) is 38.8 Å². The number of ether oxygens (including phenoxy) is 2. The molecule has 2 aromatic carbocycles. The predicted molar refractivity (Wildman–Crippen MR) is 169 cm³/mol. The molecule has 2 heterocycles. The maximum absolute atomic E-state index is 13.5. The first-order valence-electron chi connectivity index (χ1n) is 15.4. The summed E-state index contributed by atoms with van der Waals surface area (Å²) in [5.74, 6) is -0.956. The number of hydrogen-bond acceptors (Lipinski definition) is 7. The van der Waals surface area contributed by atoms with Crippen LogP contribution in [-0.4, -0.2) is 83.1 Å². The first kappa shape index (κ1) is 33.4. The lowest BCUT2D eigenvalue weighted by Gasteiger charge is -2.34. The molecule has 4 N–H and O–H groups in total. The van der Waals surface area contributed by atoms with Crippen LogP contribution in [0.4, 0.5) is 9.59 Å². The van der Waals surface area contributed by atoms with Gasteiger partial charge in [-0.2, -0.15) is 0 Å². The normalized spacial score (nSPS) is 19.9. The minimum atomic E-state index is -0.901. The van der Waals surface area contributed by atoms with E-state index < -0.39 is 35.8 Å². The Morgan fingerprint density at radius 1 is 0.978 bits per heavy atom. The fourth-order valence-electron chi connectivity index (χ4n) is 5.57. The number of amides is 4. The van der Waals surface area contributed by atoms with Crippen LogP contribution in [0.25, 0.3) is 0 Å². The second-order valence-electron chi connectivity index (χ2n) is 12.4. The van der Waals surface area contributed by atoms with Gasteiger partial charge in [-0.25, -0.2) is 9.59 Å². The van der Waals surface area contributed by atoms with Gasteiger partial charge >= 0.3 is 12.2 Å². The average Bonchev–Trinajstić information content (AvgIpc) is 3.45. The molecule has 2 aliphatic heterocycles. The van der Waals surface area contributed by atoms with Crippen molar-refractivity contribution in [2.45, 2.75) is 83.2 Å². The van der Waals surface area contributed by atoms with Gasteiger partial charge in [0.25, 0.3) is 5.91 Å². The van der Waals surface area contributed by atoms with E-state index in [9.17, 15) is 19.2 Å². The number of guanidine groups is 1. The van der Waals surface area contributed by atoms with E-state index in [4.69, 9.17) is 15.2 Å². The molecule has 0 aliphatic carbocycles. The number of carbonyl (C=O) groups excluding carboxylic acids is 4. The lowest BCUT2D eigenvalue weighted by molar-refractivity contribution is -0.136. The van der Waals surface area contributed by atoms with Crippen LogP contribution in [0.1, 0.15) is 57.6 Å². The Morgan fingerprint density at radius 2 is 1.62 bits per heavy atom. The highest BCUT2D eigenvalue weighted by Gasteiger charge is 2.37. The van der Waals surface area contributed by atoms with Crippen LogP contribution in [0.3, 0.4) is 0 Å². The lowest BCUT2D eigenvalue weighted by Crippen LogP contribution is -2.58. The zero-order valence-corrected chi connectivity index (χ0v) is 26.2. The van der Waals surface area contributed by atoms with Gasteiger partial charge in [-0.1, -0.05) is 60.7 Å². The average molecular weight is 621 g/mol. The third kappa shape index (κ3) is 10.3. The van der Waals surface area contributed by atoms with E-state index in [-0.39, 0.29) is 31.1 Å². The standard InChI is InChI=1S/C33H44N6O6/c1-33(2,3)45-32(43)35-25(20-23-12-6-4-7-13-23)21-38-18-11-17-27(38)28(40)36-26-16-10-19-39(29(26)41)30(34)37-31(42)44-22-24-14-8-5-9-15-24/h4-9,12-15,25-27H,10-11,16-22H2,1-3H3,(H,35,43)(H,36,40)(H2,34,37,42)/t25-,26+,27+/m1/s1. The Labute approximate surface area is 264 Å². The zero-order valence-electron chi connectivity index (χ0n) is 26.2. The number of carbonyl (C=O) groups is 4. The van der Waals surface area contributed by atoms with Crippen molar-refractivity contribution in [2.24, 2.45) is 10.7 Å². The number of nitrogens with one attached hydrogen (secondary N) is 2. The number of alkyl carbamates (subject to hydrolysis) is 1. The van der Waals surface area contributed by atoms with Crippen molar-refractivity contribution in [3.05, 3.63) is 71.8 Å². The summed E-state index contributed by atoms with van der Waals surface area (Å²) in [6.07, 6.45) is 1.58. The number of piperidine rings is 1. The maximum Gasteiger partial charge on any atom is 0.437 e. The highest BCUT2D eigenvalue weighted by molar-refractivity contribution is 6.03. The second-order valence-corrected chi connectivity index (χ2v) is 12.4. The van der Waals surface area contributed by atoms with Crippen LogP contribution in [0.5, 0.6) is 0 Å². The number of nitrogens with zero attached hydrogens (tertiary/aromatic N) is 3. The van der Waals surface area contributed by atoms with Gasteiger partial charge < -0.3 is 25.8 Å². The molecule has 0 saturated carbocycles. The Balaban J connectivity index is 1.36. The molecule has 2 aliphatic rings. The molecule has 12 nitrogen and oxygen atoms in total. The minimum absolute atomic E-state index is 0.0282. The molecule has 0 aromatic heterocycles. The van der Waals surface area contributed by atoms with Gasteiger partial charge in [0.15, 0.2) is 0 Å². The molecule has 0 unspecified atom stereocenters. The number of hydrogen-bond donors (Lipinski definition) is 3. The van der Waals surface area contributed by atoms with Crippen LogP contribution in [0.15, 0.2) is 65.7 Å². The van der Waals surface area contributed by atoms with Crippen molar-refractivity contribution in [3.8, 4) is 0 Å². The van der Waals surface area contributed by atoms with Gasteiger partial charge in [0.05, 0.1) is 6.04 Å². The van der Waals surface area contributed by atoms with Gasteiger partial charge in [0.1, 0.15) is 18.2 Å². The van der Waals surface area contributed by atoms with Crippen LogP contribution in [0, 0.1) is 0 Å². The first-order valence-corrected chi connectivity index (χ1v) is 15.4. The number of benzene rings is 2. The number of likely N-dealkylation sites (tertiary alicyclic amines) is 2. The monoisotopic (exact) mass is 620 g/mol. The predicted octanol–water partition coefficient (Wildman–Crippen LogP) is 3.35. The Morgan fingerprint density at radius 3 is 2.29 bits per heavy atom. The van der Waals surface area contributed by atoms with Crippen molar-refractivity contribution in [1.29, 1.82) is 0 Å². The third-order valence-electron chi connectivity index (χ3n) is 7.61. The minimum Gasteiger partial charge on any atom is -0.444 e. The van der Waals surface area contributed by atoms with Gasteiger partial charge in [-0.05, 0) is 70.5 Å². The topological polar surface area (TPSA) is 156 Å². The van der Waals surface area contributed by atoms with Crippen LogP contribution < -0.4 is 16.4 Å². The summed E-state index contributed by atoms with van der Waals surface area (Å²) >= 11 is 0. The highest BCUT2D eigenvalue weighted by Crippen LogP contribution is 2.21. The molecule has 4 amide bonds. The van der Waals surface area contributed by atoms with Crippen LogP contribution in [0.2, 0.25) is 0 Å². The molecular formula is C33H44N6O6. The molecule has 2 aromatic rings. The number of nitrogens with two attached hydrogens (primary N) is 1. The van der Waals surface area contributed by atoms with Crippen molar-refractivity contribution >= 4 is 30.0 Å². The van der Waals surface area contributed by atoms with Gasteiger partial charge in [-0.15, -0.1) is 4.99 Å². The van der Waals surface area contributed by atoms with Crippen LogP contribution in [-0.2, 0) is 32.1 Å². The summed E-state index contributed by atoms with van der Waals surface area (Å²) in [6, 6.07) is 17.4. The molecule has 3 atom stereocenters. The molecule has 2 fully saturated rings. The van der Waals surface area contributed by atoms with E-state index in [1.54, 1.807) is 0 Å². The fourth-order valence-corrected chi connectivity index (χ4v) is 5.57. The van der Waals surface area contributed by atoms with Gasteiger partial charge in [0, 0.05) is 19.1 Å². The Kier molecular flexibility index (Phi) is 11.5. The van der Waals surface area contributed by atoms with Crippen molar-refractivity contribution in [3.63, 3.8) is 0 Å². The van der Waals surface area contributed by atoms with Crippen molar-refractivity contribution in [1.82, 2.24) is 20.4 Å². The molecule has 2 saturated heterocycles. The van der Waals surface area contributed by atoms with E-state index >= 15 is 0 Å². The maximum atomic E-state index is 13.5. The van der Waals surface area contributed by atoms with Crippen molar-refractivity contribution < 1.29 is 28.7 Å². The van der Waals surface area contributed by atoms with Gasteiger partial charge in [0.2, 0.25) is 11.9 Å². The quantitative estimate of drug-likeness (QED) is 0.285. The van der Waals surface area contributed by atoms with Crippen LogP contribution >= 0.6 is 0 Å². The summed E-state index contributed by atoms with van der Waals surface area (Å²) in [6.45, 7) is 6.84. The fraction of sp³-hybridized carbons (Fsp3) is 0.485. The highest BCUT2D eigenvalue weighted by atomic mass is 16.6. The van der Waals surface area contributed by atoms with E-state index in [1.165, 1.54) is 4.90 Å². The molecule has 0 bridgehead atoms. The second kappa shape index (κ2) is 15.5. The summed E-state index contributed by atoms with van der Waals surface area (Å²) in [4.78, 5) is 58.8. The van der Waals surface area contributed by atoms with Gasteiger partial charge in [-0.3, -0.25) is 19.4 Å². The van der Waals surface area contributed by atoms with E-state index in [2.05, 4.69) is 15.6 Å². The molecular weight excluding hydrogens is 576 g/mol. The number of rotatable bonds is 9. The smallest absolute Gasteiger partial charge is 0.437 e. The summed E-state index contributed by atoms with van der Waals surface area (Å²) in [5.41, 5.74) is 7.23. The third-order valence-corrected chi connectivity index (χ3v) is 7.61. The Hall–Kier alpha value is -4.45. The van der Waals surface area contributed by atoms with Crippen molar-refractivity contribution in [2.75, 3.05) is 19.6 Å². The molecule has 0 radical (unpaired) electrons. The molecule has 0 spiro atoms. The zero-order chi connectivity index (χ0) is 32.4. The number of aliphatic imine (C=N–C) groups is 1. The molecule has 12 heteroatoms. The molecule has 45 heavy (non-hydrogen) atoms. The molecule has 242 valence electrons. The van der Waals surface area contributed by atoms with E-state index in [1.807, 2.05) is 86.3 Å². The van der Waals surface area contributed by atoms with E-state index in [0.717, 1.165) is 17.5 Å². The molecule has 4 rings (SSSR count). The summed E-state index contributed by atoms with van der Waals surface area (Å²) < 4.78 is 10.7. The summed E-state index contributed by atoms with van der Waals surface area (Å²) in [5, 5.41) is 5.90. The first-order chi connectivity index (χ1) is 21.5. The lowest BCUT2D eigenvalue weighted by atomic mass is 10.0. The largest absolute Gasteiger partial charge is 0.444 e. The SMILES string of the molecule is CC(C)(C)OC(=O)N[C@H](Cc1ccccc1)CN1CCC[C@H]1C(=O)N[C@H]1CCCN(/C(N)=N\C(=O)OCc2ccccc2)C1=O. The Bertz CT molecular complexity index is 1350.